The Balaban J connectivity index is 1.61. The number of methoxy groups -OCH3 is 3. The third kappa shape index (κ3) is 4.95. The smallest absolute Gasteiger partial charge is 0.331 e. The zero-order valence-electron chi connectivity index (χ0n) is 16.5. The van der Waals surface area contributed by atoms with Crippen LogP contribution in [0.3, 0.4) is 0 Å². The van der Waals surface area contributed by atoms with Gasteiger partial charge in [-0.1, -0.05) is 12.1 Å². The molecule has 1 heterocycles. The first-order valence-corrected chi connectivity index (χ1v) is 8.88. The minimum absolute atomic E-state index is 0.178. The number of aromatic nitrogens is 2. The van der Waals surface area contributed by atoms with Crippen LogP contribution >= 0.6 is 0 Å². The highest BCUT2D eigenvalue weighted by Gasteiger charge is 2.12. The van der Waals surface area contributed by atoms with Gasteiger partial charge < -0.3 is 18.9 Å². The molecule has 0 aliphatic heterocycles. The molecule has 150 valence electrons. The lowest BCUT2D eigenvalue weighted by molar-refractivity contribution is -0.138. The fourth-order valence-electron chi connectivity index (χ4n) is 2.73. The van der Waals surface area contributed by atoms with Gasteiger partial charge in [-0.2, -0.15) is 5.10 Å². The molecule has 7 nitrogen and oxygen atoms in total. The summed E-state index contributed by atoms with van der Waals surface area (Å²) in [6.07, 6.45) is 6.57. The number of esters is 1. The second-order valence-corrected chi connectivity index (χ2v) is 6.02. The normalized spacial score (nSPS) is 10.7. The number of hydrogen-bond acceptors (Lipinski definition) is 6. The molecule has 0 aliphatic carbocycles. The number of benzene rings is 2. The fraction of sp³-hybridized carbons (Fsp3) is 0.182. The molecule has 0 saturated carbocycles. The molecule has 7 heteroatoms. The predicted molar refractivity (Wildman–Crippen MR) is 108 cm³/mol. The van der Waals surface area contributed by atoms with E-state index in [0.29, 0.717) is 17.2 Å². The van der Waals surface area contributed by atoms with Gasteiger partial charge >= 0.3 is 5.97 Å². The second kappa shape index (κ2) is 9.45. The highest BCUT2D eigenvalue weighted by Crippen LogP contribution is 2.38. The first-order valence-electron chi connectivity index (χ1n) is 8.88. The lowest BCUT2D eigenvalue weighted by Gasteiger charge is -2.12. The van der Waals surface area contributed by atoms with Gasteiger partial charge in [0.1, 0.15) is 6.61 Å². The first kappa shape index (κ1) is 20.0. The average Bonchev–Trinajstić information content (AvgIpc) is 3.30. The van der Waals surface area contributed by atoms with Gasteiger partial charge in [0.15, 0.2) is 11.5 Å². The van der Waals surface area contributed by atoms with Crippen LogP contribution < -0.4 is 14.2 Å². The van der Waals surface area contributed by atoms with Gasteiger partial charge in [0, 0.05) is 18.5 Å². The van der Waals surface area contributed by atoms with Crippen LogP contribution in [0.25, 0.3) is 11.8 Å². The van der Waals surface area contributed by atoms with E-state index in [0.717, 1.165) is 16.8 Å². The molecular weight excluding hydrogens is 372 g/mol. The van der Waals surface area contributed by atoms with Crippen molar-refractivity contribution < 1.29 is 23.7 Å². The summed E-state index contributed by atoms with van der Waals surface area (Å²) in [7, 11) is 4.61. The highest BCUT2D eigenvalue weighted by atomic mass is 16.5. The van der Waals surface area contributed by atoms with Gasteiger partial charge in [-0.3, -0.25) is 0 Å². The summed E-state index contributed by atoms with van der Waals surface area (Å²) in [5, 5.41) is 4.18. The summed E-state index contributed by atoms with van der Waals surface area (Å²) in [5.41, 5.74) is 2.54. The van der Waals surface area contributed by atoms with Crippen LogP contribution in [0.1, 0.15) is 11.1 Å². The lowest BCUT2D eigenvalue weighted by atomic mass is 10.1. The van der Waals surface area contributed by atoms with Crippen molar-refractivity contribution >= 4 is 12.0 Å². The highest BCUT2D eigenvalue weighted by molar-refractivity contribution is 5.87. The van der Waals surface area contributed by atoms with Gasteiger partial charge in [-0.25, -0.2) is 9.48 Å². The molecule has 1 aromatic heterocycles. The van der Waals surface area contributed by atoms with Crippen LogP contribution in [-0.4, -0.2) is 37.1 Å². The predicted octanol–water partition coefficient (Wildman–Crippen LogP) is 3.65. The number of rotatable bonds is 8. The van der Waals surface area contributed by atoms with Crippen molar-refractivity contribution in [2.75, 3.05) is 21.3 Å². The van der Waals surface area contributed by atoms with E-state index >= 15 is 0 Å². The maximum absolute atomic E-state index is 12.1. The van der Waals surface area contributed by atoms with Crippen molar-refractivity contribution in [1.29, 1.82) is 0 Å². The minimum Gasteiger partial charge on any atom is -0.493 e. The minimum atomic E-state index is -0.449. The largest absolute Gasteiger partial charge is 0.493 e. The molecule has 2 aromatic carbocycles. The van der Waals surface area contributed by atoms with Crippen molar-refractivity contribution in [1.82, 2.24) is 9.78 Å². The SMILES string of the molecule is COc1cc(/C=C/C(=O)OCc2ccc(-n3cccn3)cc2)cc(OC)c1OC. The molecule has 0 unspecified atom stereocenters. The van der Waals surface area contributed by atoms with E-state index in [1.54, 1.807) is 29.1 Å². The van der Waals surface area contributed by atoms with Crippen LogP contribution in [0.5, 0.6) is 17.2 Å². The lowest BCUT2D eigenvalue weighted by Crippen LogP contribution is -2.01. The molecule has 0 atom stereocenters. The van der Waals surface area contributed by atoms with Crippen LogP contribution in [0.15, 0.2) is 60.9 Å². The van der Waals surface area contributed by atoms with E-state index in [4.69, 9.17) is 18.9 Å². The van der Waals surface area contributed by atoms with Crippen molar-refractivity contribution in [3.63, 3.8) is 0 Å². The Labute approximate surface area is 169 Å². The summed E-state index contributed by atoms with van der Waals surface area (Å²) in [5.74, 6) is 1.07. The van der Waals surface area contributed by atoms with Gasteiger partial charge in [0.05, 0.1) is 27.0 Å². The Kier molecular flexibility index (Phi) is 6.52. The molecule has 0 bridgehead atoms. The van der Waals surface area contributed by atoms with Crippen LogP contribution in [0, 0.1) is 0 Å². The summed E-state index contributed by atoms with van der Waals surface area (Å²) in [4.78, 5) is 12.1. The van der Waals surface area contributed by atoms with E-state index in [2.05, 4.69) is 5.10 Å². The topological polar surface area (TPSA) is 71.8 Å². The number of carbonyl (C=O) groups is 1. The van der Waals surface area contributed by atoms with Crippen LogP contribution in [-0.2, 0) is 16.1 Å². The average molecular weight is 394 g/mol. The molecule has 0 N–H and O–H groups in total. The monoisotopic (exact) mass is 394 g/mol. The van der Waals surface area contributed by atoms with Crippen molar-refractivity contribution in [3.05, 3.63) is 72.1 Å². The standard InChI is InChI=1S/C22H22N2O5/c1-26-19-13-17(14-20(27-2)22(19)28-3)7-10-21(25)29-15-16-5-8-18(9-6-16)24-12-4-11-23-24/h4-14H,15H2,1-3H3/b10-7+. The summed E-state index contributed by atoms with van der Waals surface area (Å²) in [6.45, 7) is 0.178. The Morgan fingerprint density at radius 1 is 1.03 bits per heavy atom. The number of carbonyl (C=O) groups excluding carboxylic acids is 1. The number of nitrogens with zero attached hydrogens (tertiary/aromatic N) is 2. The van der Waals surface area contributed by atoms with E-state index in [1.807, 2.05) is 36.5 Å². The number of ether oxygens (including phenoxy) is 4. The van der Waals surface area contributed by atoms with Crippen LogP contribution in [0.4, 0.5) is 0 Å². The first-order chi connectivity index (χ1) is 14.1. The molecule has 29 heavy (non-hydrogen) atoms. The Morgan fingerprint density at radius 3 is 2.28 bits per heavy atom. The molecule has 0 amide bonds. The van der Waals surface area contributed by atoms with Crippen molar-refractivity contribution in [2.24, 2.45) is 0 Å². The number of hydrogen-bond donors (Lipinski definition) is 0. The maximum atomic E-state index is 12.1. The third-order valence-corrected chi connectivity index (χ3v) is 4.19. The zero-order chi connectivity index (χ0) is 20.6. The van der Waals surface area contributed by atoms with E-state index in [9.17, 15) is 4.79 Å². The quantitative estimate of drug-likeness (QED) is 0.429. The molecule has 0 fully saturated rings. The Morgan fingerprint density at radius 2 is 1.72 bits per heavy atom. The van der Waals surface area contributed by atoms with Crippen molar-refractivity contribution in [2.45, 2.75) is 6.61 Å². The Bertz CT molecular complexity index is 954. The van der Waals surface area contributed by atoms with Gasteiger partial charge in [0.2, 0.25) is 5.75 Å². The van der Waals surface area contributed by atoms with Crippen LogP contribution in [0.2, 0.25) is 0 Å². The molecule has 3 aromatic rings. The van der Waals surface area contributed by atoms with Gasteiger partial charge in [-0.15, -0.1) is 0 Å². The molecule has 0 spiro atoms. The molecular formula is C22H22N2O5. The fourth-order valence-corrected chi connectivity index (χ4v) is 2.73. The zero-order valence-corrected chi connectivity index (χ0v) is 16.5. The van der Waals surface area contributed by atoms with E-state index < -0.39 is 5.97 Å². The molecule has 0 saturated heterocycles. The van der Waals surface area contributed by atoms with Gasteiger partial charge in [0.25, 0.3) is 0 Å². The van der Waals surface area contributed by atoms with Gasteiger partial charge in [-0.05, 0) is 47.5 Å². The summed E-state index contributed by atoms with van der Waals surface area (Å²) >= 11 is 0. The second-order valence-electron chi connectivity index (χ2n) is 6.02. The molecule has 0 aliphatic rings. The van der Waals surface area contributed by atoms with E-state index in [1.165, 1.54) is 27.4 Å². The molecule has 3 rings (SSSR count). The summed E-state index contributed by atoms with van der Waals surface area (Å²) in [6, 6.07) is 13.0. The van der Waals surface area contributed by atoms with Crippen molar-refractivity contribution in [3.8, 4) is 22.9 Å². The molecule has 0 radical (unpaired) electrons. The van der Waals surface area contributed by atoms with E-state index in [-0.39, 0.29) is 6.61 Å². The summed E-state index contributed by atoms with van der Waals surface area (Å²) < 4.78 is 23.0. The third-order valence-electron chi connectivity index (χ3n) is 4.19. The Hall–Kier alpha value is -3.74. The maximum Gasteiger partial charge on any atom is 0.331 e.